The lowest BCUT2D eigenvalue weighted by Gasteiger charge is -2.46. The van der Waals surface area contributed by atoms with Gasteiger partial charge in [0, 0.05) is 18.6 Å². The van der Waals surface area contributed by atoms with Crippen LogP contribution in [0.15, 0.2) is 0 Å². The van der Waals surface area contributed by atoms with Crippen molar-refractivity contribution in [2.24, 2.45) is 11.8 Å². The molecule has 0 heterocycles. The summed E-state index contributed by atoms with van der Waals surface area (Å²) in [5.41, 5.74) is 0. The SMILES string of the molecule is CC(C)C1CC(N(CCC(=O)O)C(C)C)C1. The molecule has 3 nitrogen and oxygen atoms in total. The minimum absolute atomic E-state index is 0.265. The van der Waals surface area contributed by atoms with Crippen molar-refractivity contribution in [3.8, 4) is 0 Å². The lowest BCUT2D eigenvalue weighted by molar-refractivity contribution is -0.137. The van der Waals surface area contributed by atoms with Crippen LogP contribution in [-0.4, -0.2) is 34.6 Å². The van der Waals surface area contributed by atoms with Crippen LogP contribution in [0.4, 0.5) is 0 Å². The van der Waals surface area contributed by atoms with Gasteiger partial charge in [-0.25, -0.2) is 0 Å². The third-order valence-electron chi connectivity index (χ3n) is 3.81. The van der Waals surface area contributed by atoms with E-state index in [0.717, 1.165) is 11.8 Å². The molecular weight excluding hydrogens is 202 g/mol. The van der Waals surface area contributed by atoms with Gasteiger partial charge in [-0.15, -0.1) is 0 Å². The Bertz CT molecular complexity index is 232. The monoisotopic (exact) mass is 227 g/mol. The third-order valence-corrected chi connectivity index (χ3v) is 3.81. The van der Waals surface area contributed by atoms with Crippen molar-refractivity contribution in [1.82, 2.24) is 4.90 Å². The molecule has 0 aromatic rings. The summed E-state index contributed by atoms with van der Waals surface area (Å²) in [7, 11) is 0. The van der Waals surface area contributed by atoms with E-state index in [2.05, 4.69) is 32.6 Å². The van der Waals surface area contributed by atoms with Crippen LogP contribution in [0.25, 0.3) is 0 Å². The maximum Gasteiger partial charge on any atom is 0.304 e. The Morgan fingerprint density at radius 3 is 2.25 bits per heavy atom. The van der Waals surface area contributed by atoms with Gasteiger partial charge in [0.05, 0.1) is 6.42 Å². The quantitative estimate of drug-likeness (QED) is 0.758. The smallest absolute Gasteiger partial charge is 0.304 e. The molecule has 1 N–H and O–H groups in total. The maximum absolute atomic E-state index is 10.6. The highest BCUT2D eigenvalue weighted by atomic mass is 16.4. The van der Waals surface area contributed by atoms with Gasteiger partial charge in [0.2, 0.25) is 0 Å². The lowest BCUT2D eigenvalue weighted by atomic mass is 9.72. The number of hydrogen-bond acceptors (Lipinski definition) is 2. The fraction of sp³-hybridized carbons (Fsp3) is 0.923. The van der Waals surface area contributed by atoms with Crippen molar-refractivity contribution in [2.75, 3.05) is 6.54 Å². The first kappa shape index (κ1) is 13.5. The Morgan fingerprint density at radius 1 is 1.31 bits per heavy atom. The Hall–Kier alpha value is -0.570. The van der Waals surface area contributed by atoms with Crippen molar-refractivity contribution in [1.29, 1.82) is 0 Å². The molecule has 1 fully saturated rings. The van der Waals surface area contributed by atoms with Gasteiger partial charge in [-0.05, 0) is 38.5 Å². The van der Waals surface area contributed by atoms with E-state index in [1.165, 1.54) is 12.8 Å². The number of hydrogen-bond donors (Lipinski definition) is 1. The molecule has 16 heavy (non-hydrogen) atoms. The zero-order valence-electron chi connectivity index (χ0n) is 10.9. The summed E-state index contributed by atoms with van der Waals surface area (Å²) in [6.45, 7) is 9.56. The largest absolute Gasteiger partial charge is 0.481 e. The van der Waals surface area contributed by atoms with Gasteiger partial charge in [-0.2, -0.15) is 0 Å². The highest BCUT2D eigenvalue weighted by Crippen LogP contribution is 2.37. The maximum atomic E-state index is 10.6. The normalized spacial score (nSPS) is 25.2. The van der Waals surface area contributed by atoms with Crippen LogP contribution in [0.2, 0.25) is 0 Å². The summed E-state index contributed by atoms with van der Waals surface area (Å²) in [6, 6.07) is 1.07. The van der Waals surface area contributed by atoms with E-state index >= 15 is 0 Å². The first-order valence-corrected chi connectivity index (χ1v) is 6.39. The van der Waals surface area contributed by atoms with Crippen LogP contribution in [0.1, 0.15) is 47.0 Å². The zero-order chi connectivity index (χ0) is 12.3. The molecule has 0 aromatic heterocycles. The van der Waals surface area contributed by atoms with Gasteiger partial charge < -0.3 is 5.11 Å². The van der Waals surface area contributed by atoms with Crippen molar-refractivity contribution in [2.45, 2.75) is 59.0 Å². The van der Waals surface area contributed by atoms with Crippen molar-refractivity contribution >= 4 is 5.97 Å². The van der Waals surface area contributed by atoms with Crippen molar-refractivity contribution in [3.05, 3.63) is 0 Å². The van der Waals surface area contributed by atoms with E-state index in [-0.39, 0.29) is 6.42 Å². The summed E-state index contributed by atoms with van der Waals surface area (Å²) in [5.74, 6) is 0.922. The van der Waals surface area contributed by atoms with E-state index in [1.807, 2.05) is 0 Å². The van der Waals surface area contributed by atoms with E-state index in [1.54, 1.807) is 0 Å². The fourth-order valence-electron chi connectivity index (χ4n) is 2.53. The number of carbonyl (C=O) groups is 1. The summed E-state index contributed by atoms with van der Waals surface area (Å²) in [4.78, 5) is 13.0. The van der Waals surface area contributed by atoms with Gasteiger partial charge in [0.25, 0.3) is 0 Å². The van der Waals surface area contributed by atoms with Crippen LogP contribution in [0.3, 0.4) is 0 Å². The van der Waals surface area contributed by atoms with Crippen LogP contribution >= 0.6 is 0 Å². The number of rotatable bonds is 6. The van der Waals surface area contributed by atoms with Crippen molar-refractivity contribution in [3.63, 3.8) is 0 Å². The summed E-state index contributed by atoms with van der Waals surface area (Å²) < 4.78 is 0. The summed E-state index contributed by atoms with van der Waals surface area (Å²) >= 11 is 0. The molecule has 0 aliphatic heterocycles. The standard InChI is InChI=1S/C13H25NO2/c1-9(2)11-7-12(8-11)14(10(3)4)6-5-13(15)16/h9-12H,5-8H2,1-4H3,(H,15,16). The van der Waals surface area contributed by atoms with Crippen LogP contribution < -0.4 is 0 Å². The van der Waals surface area contributed by atoms with Gasteiger partial charge in [0.1, 0.15) is 0 Å². The lowest BCUT2D eigenvalue weighted by Crippen LogP contribution is -2.49. The molecule has 0 atom stereocenters. The highest BCUT2D eigenvalue weighted by Gasteiger charge is 2.35. The average Bonchev–Trinajstić information content (AvgIpc) is 2.06. The number of aliphatic carboxylic acids is 1. The van der Waals surface area contributed by atoms with Crippen LogP contribution in [0, 0.1) is 11.8 Å². The zero-order valence-corrected chi connectivity index (χ0v) is 10.9. The summed E-state index contributed by atoms with van der Waals surface area (Å²) in [6.07, 6.45) is 2.76. The Morgan fingerprint density at radius 2 is 1.88 bits per heavy atom. The predicted octanol–water partition coefficient (Wildman–Crippen LogP) is 2.61. The van der Waals surface area contributed by atoms with Gasteiger partial charge in [0.15, 0.2) is 0 Å². The fourth-order valence-corrected chi connectivity index (χ4v) is 2.53. The minimum atomic E-state index is -0.689. The molecule has 0 spiro atoms. The second-order valence-electron chi connectivity index (χ2n) is 5.60. The molecule has 0 unspecified atom stereocenters. The van der Waals surface area contributed by atoms with E-state index < -0.39 is 5.97 Å². The molecular formula is C13H25NO2. The van der Waals surface area contributed by atoms with E-state index in [4.69, 9.17) is 5.11 Å². The molecule has 1 rings (SSSR count). The Labute approximate surface area is 98.8 Å². The molecule has 94 valence electrons. The van der Waals surface area contributed by atoms with Crippen LogP contribution in [-0.2, 0) is 4.79 Å². The highest BCUT2D eigenvalue weighted by molar-refractivity contribution is 5.66. The number of carboxylic acids is 1. The number of carboxylic acid groups (broad SMARTS) is 1. The molecule has 3 heteroatoms. The summed E-state index contributed by atoms with van der Waals surface area (Å²) in [5, 5.41) is 8.73. The molecule has 1 saturated carbocycles. The predicted molar refractivity (Wildman–Crippen MR) is 65.4 cm³/mol. The molecule has 1 aliphatic rings. The Kier molecular flexibility index (Phi) is 4.78. The molecule has 0 amide bonds. The van der Waals surface area contributed by atoms with E-state index in [0.29, 0.717) is 18.6 Å². The molecule has 0 bridgehead atoms. The topological polar surface area (TPSA) is 40.5 Å². The van der Waals surface area contributed by atoms with Crippen LogP contribution in [0.5, 0.6) is 0 Å². The molecule has 0 saturated heterocycles. The van der Waals surface area contributed by atoms with Gasteiger partial charge in [-0.3, -0.25) is 9.69 Å². The van der Waals surface area contributed by atoms with Gasteiger partial charge >= 0.3 is 5.97 Å². The molecule has 0 aromatic carbocycles. The first-order valence-electron chi connectivity index (χ1n) is 6.39. The molecule has 1 aliphatic carbocycles. The van der Waals surface area contributed by atoms with Crippen molar-refractivity contribution < 1.29 is 9.90 Å². The van der Waals surface area contributed by atoms with Gasteiger partial charge in [-0.1, -0.05) is 13.8 Å². The minimum Gasteiger partial charge on any atom is -0.481 e. The van der Waals surface area contributed by atoms with E-state index in [9.17, 15) is 4.79 Å². The average molecular weight is 227 g/mol. The first-order chi connectivity index (χ1) is 7.41. The third kappa shape index (κ3) is 3.48. The second-order valence-corrected chi connectivity index (χ2v) is 5.60. The number of nitrogens with zero attached hydrogens (tertiary/aromatic N) is 1. The Balaban J connectivity index is 2.38. The molecule has 0 radical (unpaired) electrons. The second kappa shape index (κ2) is 5.67.